The molecule has 0 saturated heterocycles. The van der Waals surface area contributed by atoms with Gasteiger partial charge < -0.3 is 16.8 Å². The van der Waals surface area contributed by atoms with Gasteiger partial charge in [-0.15, -0.1) is 0 Å². The molecular formula is C15H34NO3Si4+. The van der Waals surface area contributed by atoms with Gasteiger partial charge in [0, 0.05) is 18.0 Å². The van der Waals surface area contributed by atoms with Crippen molar-refractivity contribution in [3.05, 3.63) is 35.9 Å². The third-order valence-electron chi connectivity index (χ3n) is 3.79. The Labute approximate surface area is 150 Å². The third kappa shape index (κ3) is 8.03. The molecule has 132 valence electrons. The van der Waals surface area contributed by atoms with Crippen LogP contribution in [-0.4, -0.2) is 63.2 Å². The lowest BCUT2D eigenvalue weighted by Crippen LogP contribution is -2.49. The topological polar surface area (TPSA) is 27.7 Å². The van der Waals surface area contributed by atoms with Gasteiger partial charge in [0.25, 0.3) is 0 Å². The van der Waals surface area contributed by atoms with Gasteiger partial charge >= 0.3 is 8.80 Å². The molecule has 8 heteroatoms. The molecule has 23 heavy (non-hydrogen) atoms. The van der Waals surface area contributed by atoms with E-state index < -0.39 is 38.1 Å². The zero-order valence-electron chi connectivity index (χ0n) is 15.5. The SMILES string of the molecule is C[SiH2]O[Si](CCC[N+](C)(C)Cc1ccccc1)(O[SiH2]C)O[SiH2]C. The predicted molar refractivity (Wildman–Crippen MR) is 109 cm³/mol. The molecule has 0 radical (unpaired) electrons. The minimum absolute atomic E-state index is 0.489. The standard InChI is InChI=1S/C15H34NO3Si4/c1-16(2,14-15-10-7-6-8-11-15)12-9-13-23(17-20-3,18-21-4)19-22-5/h6-8,10-11H,9,12-14,20-22H2,1-5H3/q+1. The Morgan fingerprint density at radius 2 is 1.43 bits per heavy atom. The summed E-state index contributed by atoms with van der Waals surface area (Å²) >= 11 is 0. The van der Waals surface area contributed by atoms with Crippen molar-refractivity contribution in [2.24, 2.45) is 0 Å². The smallest absolute Gasteiger partial charge is 0.423 e. The van der Waals surface area contributed by atoms with Gasteiger partial charge in [0.1, 0.15) is 35.8 Å². The van der Waals surface area contributed by atoms with E-state index in [2.05, 4.69) is 64.1 Å². The van der Waals surface area contributed by atoms with Crippen LogP contribution in [-0.2, 0) is 18.9 Å². The molecule has 0 aliphatic carbocycles. The first-order valence-corrected chi connectivity index (χ1v) is 16.7. The minimum Gasteiger partial charge on any atom is -0.423 e. The molecule has 0 spiro atoms. The molecule has 0 unspecified atom stereocenters. The fraction of sp³-hybridized carbons (Fsp3) is 0.600. The highest BCUT2D eigenvalue weighted by Crippen LogP contribution is 2.19. The normalized spacial score (nSPS) is 16.2. The van der Waals surface area contributed by atoms with Crippen LogP contribution in [0.2, 0.25) is 25.7 Å². The number of benzene rings is 1. The molecule has 1 aromatic rings. The Morgan fingerprint density at radius 3 is 1.91 bits per heavy atom. The Morgan fingerprint density at radius 1 is 0.913 bits per heavy atom. The van der Waals surface area contributed by atoms with Crippen molar-refractivity contribution in [2.75, 3.05) is 20.6 Å². The number of hydrogen-bond donors (Lipinski definition) is 0. The van der Waals surface area contributed by atoms with Crippen LogP contribution in [0.25, 0.3) is 0 Å². The van der Waals surface area contributed by atoms with Crippen LogP contribution in [0.3, 0.4) is 0 Å². The van der Waals surface area contributed by atoms with E-state index in [9.17, 15) is 0 Å². The molecule has 0 amide bonds. The average Bonchev–Trinajstić information content (AvgIpc) is 2.48. The molecule has 0 N–H and O–H groups in total. The summed E-state index contributed by atoms with van der Waals surface area (Å²) in [4.78, 5) is 0. The van der Waals surface area contributed by atoms with E-state index >= 15 is 0 Å². The van der Waals surface area contributed by atoms with Crippen LogP contribution in [0.15, 0.2) is 30.3 Å². The Balaban J connectivity index is 2.56. The summed E-state index contributed by atoms with van der Waals surface area (Å²) in [6.45, 7) is 8.72. The van der Waals surface area contributed by atoms with E-state index in [0.29, 0.717) is 0 Å². The Kier molecular flexibility index (Phi) is 9.78. The maximum Gasteiger partial charge on any atom is 0.468 e. The summed E-state index contributed by atoms with van der Waals surface area (Å²) in [6.07, 6.45) is 1.11. The maximum atomic E-state index is 6.14. The van der Waals surface area contributed by atoms with E-state index in [0.717, 1.165) is 30.0 Å². The Bertz CT molecular complexity index is 417. The first-order valence-electron chi connectivity index (χ1n) is 8.74. The van der Waals surface area contributed by atoms with E-state index in [1.54, 1.807) is 0 Å². The maximum absolute atomic E-state index is 6.14. The van der Waals surface area contributed by atoms with Gasteiger partial charge in [0.15, 0.2) is 0 Å². The molecule has 0 aliphatic rings. The monoisotopic (exact) mass is 388 g/mol. The molecule has 0 atom stereocenters. The summed E-state index contributed by atoms with van der Waals surface area (Å²) in [5.41, 5.74) is 1.40. The summed E-state index contributed by atoms with van der Waals surface area (Å²) in [7, 11) is 0.826. The molecule has 0 saturated carbocycles. The molecule has 0 bridgehead atoms. The molecule has 0 fully saturated rings. The highest BCUT2D eigenvalue weighted by atomic mass is 28.5. The first-order chi connectivity index (χ1) is 11.0. The van der Waals surface area contributed by atoms with Crippen molar-refractivity contribution in [1.29, 1.82) is 0 Å². The van der Waals surface area contributed by atoms with Gasteiger partial charge in [0.2, 0.25) is 0 Å². The van der Waals surface area contributed by atoms with Gasteiger partial charge in [-0.2, -0.15) is 0 Å². The number of quaternary nitrogens is 1. The third-order valence-corrected chi connectivity index (χ3v) is 13.5. The second-order valence-corrected chi connectivity index (χ2v) is 13.5. The molecule has 1 aromatic carbocycles. The van der Waals surface area contributed by atoms with Gasteiger partial charge in [-0.25, -0.2) is 0 Å². The van der Waals surface area contributed by atoms with Crippen LogP contribution in [0, 0.1) is 0 Å². The van der Waals surface area contributed by atoms with Crippen LogP contribution in [0.4, 0.5) is 0 Å². The summed E-state index contributed by atoms with van der Waals surface area (Å²) < 4.78 is 19.4. The van der Waals surface area contributed by atoms with Crippen LogP contribution < -0.4 is 0 Å². The highest BCUT2D eigenvalue weighted by Gasteiger charge is 2.38. The summed E-state index contributed by atoms with van der Waals surface area (Å²) in [5.74, 6) is 0. The van der Waals surface area contributed by atoms with E-state index in [-0.39, 0.29) is 0 Å². The summed E-state index contributed by atoms with van der Waals surface area (Å²) in [5, 5.41) is 0. The lowest BCUT2D eigenvalue weighted by Gasteiger charge is -2.33. The molecular weight excluding hydrogens is 355 g/mol. The number of rotatable bonds is 12. The predicted octanol–water partition coefficient (Wildman–Crippen LogP) is 1.04. The largest absolute Gasteiger partial charge is 0.468 e. The lowest BCUT2D eigenvalue weighted by molar-refractivity contribution is -0.903. The van der Waals surface area contributed by atoms with Crippen molar-refractivity contribution in [2.45, 2.75) is 38.7 Å². The first kappa shape index (κ1) is 21.0. The van der Waals surface area contributed by atoms with Gasteiger partial charge in [-0.1, -0.05) is 50.0 Å². The van der Waals surface area contributed by atoms with Crippen molar-refractivity contribution >= 4 is 38.1 Å². The van der Waals surface area contributed by atoms with Crippen LogP contribution in [0.1, 0.15) is 12.0 Å². The van der Waals surface area contributed by atoms with E-state index in [4.69, 9.17) is 12.3 Å². The fourth-order valence-corrected chi connectivity index (χ4v) is 13.7. The lowest BCUT2D eigenvalue weighted by atomic mass is 10.2. The average molecular weight is 389 g/mol. The number of hydrogen-bond acceptors (Lipinski definition) is 3. The second kappa shape index (κ2) is 10.7. The minimum atomic E-state index is -2.31. The molecule has 0 heterocycles. The van der Waals surface area contributed by atoms with Crippen LogP contribution >= 0.6 is 0 Å². The summed E-state index contributed by atoms with van der Waals surface area (Å²) in [6, 6.07) is 11.7. The van der Waals surface area contributed by atoms with Gasteiger partial charge in [-0.05, 0) is 0 Å². The molecule has 1 rings (SSSR count). The van der Waals surface area contributed by atoms with E-state index in [1.165, 1.54) is 5.56 Å². The van der Waals surface area contributed by atoms with Gasteiger partial charge in [0.05, 0.1) is 20.6 Å². The fourth-order valence-electron chi connectivity index (χ4n) is 2.88. The zero-order chi connectivity index (χ0) is 17.2. The molecule has 0 aromatic heterocycles. The van der Waals surface area contributed by atoms with Crippen molar-refractivity contribution < 1.29 is 16.8 Å². The molecule has 0 aliphatic heterocycles. The highest BCUT2D eigenvalue weighted by molar-refractivity contribution is 6.73. The van der Waals surface area contributed by atoms with E-state index in [1.807, 2.05) is 0 Å². The molecule has 4 nitrogen and oxygen atoms in total. The van der Waals surface area contributed by atoms with Crippen molar-refractivity contribution in [3.63, 3.8) is 0 Å². The quantitative estimate of drug-likeness (QED) is 0.395. The second-order valence-electron chi connectivity index (χ2n) is 6.39. The van der Waals surface area contributed by atoms with Crippen molar-refractivity contribution in [3.8, 4) is 0 Å². The Hall–Kier alpha value is -0.0725. The number of nitrogens with zero attached hydrogens (tertiary/aromatic N) is 1. The van der Waals surface area contributed by atoms with Crippen molar-refractivity contribution in [1.82, 2.24) is 0 Å². The van der Waals surface area contributed by atoms with Gasteiger partial charge in [-0.3, -0.25) is 0 Å². The zero-order valence-corrected chi connectivity index (χ0v) is 20.8. The van der Waals surface area contributed by atoms with Crippen LogP contribution in [0.5, 0.6) is 0 Å².